The van der Waals surface area contributed by atoms with Gasteiger partial charge in [0, 0.05) is 17.6 Å². The number of pyridine rings is 1. The number of nitrogens with one attached hydrogen (secondary N) is 1. The zero-order valence-corrected chi connectivity index (χ0v) is 19.6. The van der Waals surface area contributed by atoms with Gasteiger partial charge in [-0.15, -0.1) is 5.10 Å². The van der Waals surface area contributed by atoms with Gasteiger partial charge in [-0.1, -0.05) is 13.8 Å². The predicted octanol–water partition coefficient (Wildman–Crippen LogP) is 4.10. The summed E-state index contributed by atoms with van der Waals surface area (Å²) in [5, 5.41) is 13.9. The quantitative estimate of drug-likeness (QED) is 0.670. The number of likely N-dealkylation sites (tertiary alicyclic amines) is 1. The second kappa shape index (κ2) is 8.19. The summed E-state index contributed by atoms with van der Waals surface area (Å²) < 4.78 is 1.92. The van der Waals surface area contributed by atoms with E-state index in [1.54, 1.807) is 0 Å². The van der Waals surface area contributed by atoms with Gasteiger partial charge in [-0.3, -0.25) is 9.69 Å². The van der Waals surface area contributed by atoms with Gasteiger partial charge in [-0.25, -0.2) is 4.68 Å². The third-order valence-corrected chi connectivity index (χ3v) is 7.01. The summed E-state index contributed by atoms with van der Waals surface area (Å²) >= 11 is 0. The first-order valence-corrected chi connectivity index (χ1v) is 11.4. The fourth-order valence-electron chi connectivity index (χ4n) is 4.60. The topological polar surface area (TPSA) is 79.7 Å². The SMILES string of the molecule is CCC(C)(C)n1nnnc1[C@@H](c1cc2cc(C)c(C)cc2[nH]c1=O)N1CCC[C@@H](C)C1. The summed E-state index contributed by atoms with van der Waals surface area (Å²) in [6.45, 7) is 14.7. The van der Waals surface area contributed by atoms with Crippen molar-refractivity contribution in [2.75, 3.05) is 13.1 Å². The Morgan fingerprint density at radius 1 is 1.23 bits per heavy atom. The lowest BCUT2D eigenvalue weighted by Crippen LogP contribution is -2.42. The molecule has 3 aromatic rings. The molecule has 166 valence electrons. The van der Waals surface area contributed by atoms with Crippen molar-refractivity contribution in [3.63, 3.8) is 0 Å². The smallest absolute Gasteiger partial charge is 0.253 e. The van der Waals surface area contributed by atoms with E-state index in [1.165, 1.54) is 17.5 Å². The molecule has 0 unspecified atom stereocenters. The molecule has 0 aliphatic carbocycles. The van der Waals surface area contributed by atoms with Crippen LogP contribution < -0.4 is 5.56 Å². The van der Waals surface area contributed by atoms with Gasteiger partial charge in [-0.05, 0) is 105 Å². The van der Waals surface area contributed by atoms with Gasteiger partial charge >= 0.3 is 0 Å². The molecule has 1 aromatic carbocycles. The molecule has 7 heteroatoms. The molecule has 0 spiro atoms. The molecule has 0 amide bonds. The lowest BCUT2D eigenvalue weighted by molar-refractivity contribution is 0.135. The largest absolute Gasteiger partial charge is 0.322 e. The Balaban J connectivity index is 1.92. The lowest BCUT2D eigenvalue weighted by atomic mass is 9.94. The Bertz CT molecular complexity index is 1140. The van der Waals surface area contributed by atoms with Crippen molar-refractivity contribution in [1.29, 1.82) is 0 Å². The van der Waals surface area contributed by atoms with Crippen molar-refractivity contribution in [3.05, 3.63) is 51.1 Å². The number of aromatic amines is 1. The highest BCUT2D eigenvalue weighted by Crippen LogP contribution is 2.33. The van der Waals surface area contributed by atoms with Crippen LogP contribution in [0.4, 0.5) is 0 Å². The monoisotopic (exact) mass is 422 g/mol. The van der Waals surface area contributed by atoms with Crippen molar-refractivity contribution in [1.82, 2.24) is 30.1 Å². The van der Waals surface area contributed by atoms with Gasteiger partial charge in [0.25, 0.3) is 5.56 Å². The van der Waals surface area contributed by atoms with Crippen molar-refractivity contribution < 1.29 is 0 Å². The molecule has 2 aromatic heterocycles. The molecule has 1 aliphatic heterocycles. The number of H-pyrrole nitrogens is 1. The maximum atomic E-state index is 13.4. The van der Waals surface area contributed by atoms with Crippen molar-refractivity contribution in [2.45, 2.75) is 72.4 Å². The standard InChI is InChI=1S/C24H34N6O/c1-7-24(5,6)30-22(26-27-28-30)21(29-10-8-9-15(2)14-29)19-13-18-11-16(3)17(4)12-20(18)25-23(19)31/h11-13,15,21H,7-10,14H2,1-6H3,(H,25,31)/t15-,21-/m1/s1. The van der Waals surface area contributed by atoms with Crippen LogP contribution in [0.2, 0.25) is 0 Å². The van der Waals surface area contributed by atoms with Crippen LogP contribution in [0.5, 0.6) is 0 Å². The molecule has 0 radical (unpaired) electrons. The lowest BCUT2D eigenvalue weighted by Gasteiger charge is -2.37. The zero-order chi connectivity index (χ0) is 22.3. The van der Waals surface area contributed by atoms with E-state index in [0.29, 0.717) is 11.5 Å². The Morgan fingerprint density at radius 2 is 1.97 bits per heavy atom. The van der Waals surface area contributed by atoms with Crippen LogP contribution in [-0.4, -0.2) is 43.2 Å². The van der Waals surface area contributed by atoms with E-state index in [1.807, 2.05) is 10.7 Å². The minimum atomic E-state index is -0.279. The summed E-state index contributed by atoms with van der Waals surface area (Å²) in [5.41, 5.74) is 3.67. The fourth-order valence-corrected chi connectivity index (χ4v) is 4.60. The molecule has 2 atom stereocenters. The summed E-state index contributed by atoms with van der Waals surface area (Å²) in [5.74, 6) is 1.32. The highest BCUT2D eigenvalue weighted by molar-refractivity contribution is 5.81. The number of tetrazole rings is 1. The van der Waals surface area contributed by atoms with Crippen LogP contribution in [-0.2, 0) is 5.54 Å². The number of fused-ring (bicyclic) bond motifs is 1. The normalized spacial score (nSPS) is 19.1. The fraction of sp³-hybridized carbons (Fsp3) is 0.583. The molecule has 3 heterocycles. The van der Waals surface area contributed by atoms with Gasteiger partial charge in [0.1, 0.15) is 6.04 Å². The molecule has 0 bridgehead atoms. The Labute approximate surface area is 183 Å². The molecule has 1 fully saturated rings. The number of hydrogen-bond donors (Lipinski definition) is 1. The first-order chi connectivity index (χ1) is 14.7. The summed E-state index contributed by atoms with van der Waals surface area (Å²) in [6, 6.07) is 5.97. The molecule has 1 N–H and O–H groups in total. The second-order valence-corrected chi connectivity index (χ2v) is 9.84. The Morgan fingerprint density at radius 3 is 2.68 bits per heavy atom. The highest BCUT2D eigenvalue weighted by Gasteiger charge is 2.35. The number of benzene rings is 1. The summed E-state index contributed by atoms with van der Waals surface area (Å²) in [4.78, 5) is 18.9. The van der Waals surface area contributed by atoms with Gasteiger partial charge in [0.15, 0.2) is 5.82 Å². The molecule has 1 aliphatic rings. The van der Waals surface area contributed by atoms with Gasteiger partial charge in [0.05, 0.1) is 5.54 Å². The number of rotatable bonds is 5. The highest BCUT2D eigenvalue weighted by atomic mass is 16.1. The van der Waals surface area contributed by atoms with Crippen LogP contribution in [0.1, 0.15) is 75.5 Å². The van der Waals surface area contributed by atoms with E-state index in [0.717, 1.165) is 42.7 Å². The van der Waals surface area contributed by atoms with E-state index < -0.39 is 0 Å². The number of piperidine rings is 1. The molecule has 7 nitrogen and oxygen atoms in total. The van der Waals surface area contributed by atoms with Crippen molar-refractivity contribution in [2.24, 2.45) is 5.92 Å². The van der Waals surface area contributed by atoms with Crippen LogP contribution >= 0.6 is 0 Å². The second-order valence-electron chi connectivity index (χ2n) is 9.84. The van der Waals surface area contributed by atoms with Crippen LogP contribution in [0.15, 0.2) is 23.0 Å². The molecular weight excluding hydrogens is 388 g/mol. The Kier molecular flexibility index (Phi) is 5.73. The maximum absolute atomic E-state index is 13.4. The van der Waals surface area contributed by atoms with E-state index in [4.69, 9.17) is 0 Å². The summed E-state index contributed by atoms with van der Waals surface area (Å²) in [6.07, 6.45) is 3.21. The third-order valence-electron chi connectivity index (χ3n) is 7.01. The number of aryl methyl sites for hydroxylation is 2. The third kappa shape index (κ3) is 4.03. The predicted molar refractivity (Wildman–Crippen MR) is 123 cm³/mol. The average Bonchev–Trinajstić information content (AvgIpc) is 3.21. The number of hydrogen-bond acceptors (Lipinski definition) is 5. The summed E-state index contributed by atoms with van der Waals surface area (Å²) in [7, 11) is 0. The minimum absolute atomic E-state index is 0.0668. The van der Waals surface area contributed by atoms with Gasteiger partial charge < -0.3 is 4.98 Å². The average molecular weight is 423 g/mol. The van der Waals surface area contributed by atoms with E-state index in [-0.39, 0.29) is 17.1 Å². The number of aromatic nitrogens is 5. The van der Waals surface area contributed by atoms with Gasteiger partial charge in [-0.2, -0.15) is 0 Å². The minimum Gasteiger partial charge on any atom is -0.322 e. The molecule has 4 rings (SSSR count). The molecule has 1 saturated heterocycles. The number of nitrogens with zero attached hydrogens (tertiary/aromatic N) is 5. The van der Waals surface area contributed by atoms with E-state index in [9.17, 15) is 4.79 Å². The van der Waals surface area contributed by atoms with E-state index >= 15 is 0 Å². The van der Waals surface area contributed by atoms with Crippen LogP contribution in [0, 0.1) is 19.8 Å². The zero-order valence-electron chi connectivity index (χ0n) is 19.6. The Hall–Kier alpha value is -2.54. The first kappa shape index (κ1) is 21.7. The molecular formula is C24H34N6O. The first-order valence-electron chi connectivity index (χ1n) is 11.4. The van der Waals surface area contributed by atoms with Crippen molar-refractivity contribution in [3.8, 4) is 0 Å². The van der Waals surface area contributed by atoms with Crippen LogP contribution in [0.25, 0.3) is 10.9 Å². The van der Waals surface area contributed by atoms with Crippen LogP contribution in [0.3, 0.4) is 0 Å². The van der Waals surface area contributed by atoms with E-state index in [2.05, 4.69) is 79.1 Å². The van der Waals surface area contributed by atoms with Gasteiger partial charge in [0.2, 0.25) is 0 Å². The van der Waals surface area contributed by atoms with Crippen molar-refractivity contribution >= 4 is 10.9 Å². The molecule has 31 heavy (non-hydrogen) atoms. The maximum Gasteiger partial charge on any atom is 0.253 e. The molecule has 0 saturated carbocycles.